The molecule has 0 spiro atoms. The Labute approximate surface area is 237 Å². The van der Waals surface area contributed by atoms with Gasteiger partial charge in [0, 0.05) is 61.1 Å². The van der Waals surface area contributed by atoms with Gasteiger partial charge in [0.05, 0.1) is 55.3 Å². The predicted molar refractivity (Wildman–Crippen MR) is 153 cm³/mol. The maximum absolute atomic E-state index is 12.0. The van der Waals surface area contributed by atoms with Gasteiger partial charge < -0.3 is 29.2 Å². The van der Waals surface area contributed by atoms with Gasteiger partial charge >= 0.3 is 0 Å². The van der Waals surface area contributed by atoms with E-state index in [9.17, 15) is 4.79 Å². The number of hydrogen-bond donors (Lipinski definition) is 1. The lowest BCUT2D eigenvalue weighted by Gasteiger charge is -2.39. The van der Waals surface area contributed by atoms with Crippen LogP contribution in [0.1, 0.15) is 6.42 Å². The van der Waals surface area contributed by atoms with Crippen molar-refractivity contribution >= 4 is 51.4 Å². The Bertz CT molecular complexity index is 1380. The van der Waals surface area contributed by atoms with Crippen molar-refractivity contribution in [3.8, 4) is 22.8 Å². The molecule has 0 unspecified atom stereocenters. The Kier molecular flexibility index (Phi) is 8.13. The van der Waals surface area contributed by atoms with Crippen LogP contribution < -0.4 is 19.7 Å². The molecule has 2 fully saturated rings. The maximum Gasteiger partial charge on any atom is 0.155 e. The zero-order valence-corrected chi connectivity index (χ0v) is 23.5. The van der Waals surface area contributed by atoms with Crippen molar-refractivity contribution < 1.29 is 23.7 Å². The molecule has 0 saturated carbocycles. The first kappa shape index (κ1) is 27.5. The van der Waals surface area contributed by atoms with Crippen LogP contribution in [0.15, 0.2) is 37.1 Å². The van der Waals surface area contributed by atoms with Crippen molar-refractivity contribution in [1.29, 1.82) is 0 Å². The van der Waals surface area contributed by atoms with Crippen LogP contribution in [0.2, 0.25) is 10.0 Å². The number of nitrogens with one attached hydrogen (secondary N) is 1. The van der Waals surface area contributed by atoms with E-state index in [1.807, 2.05) is 12.1 Å². The van der Waals surface area contributed by atoms with Gasteiger partial charge in [0.1, 0.15) is 23.1 Å². The number of carbonyl (C=O) groups is 1. The largest absolute Gasteiger partial charge is 0.495 e. The molecule has 206 valence electrons. The number of hydrogen-bond acceptors (Lipinski definition) is 9. The normalized spacial score (nSPS) is 19.2. The predicted octanol–water partition coefficient (Wildman–Crippen LogP) is 5.03. The van der Waals surface area contributed by atoms with Gasteiger partial charge in [-0.15, -0.1) is 0 Å². The number of halogens is 2. The van der Waals surface area contributed by atoms with Crippen LogP contribution in [0.5, 0.6) is 11.5 Å². The lowest BCUT2D eigenvalue weighted by molar-refractivity contribution is -0.115. The first-order valence-corrected chi connectivity index (χ1v) is 13.3. The molecule has 2 aromatic heterocycles. The number of aromatic nitrogens is 2. The molecular weight excluding hydrogens is 543 g/mol. The highest BCUT2D eigenvalue weighted by Gasteiger charge is 2.32. The van der Waals surface area contributed by atoms with Crippen molar-refractivity contribution in [1.82, 2.24) is 9.97 Å². The summed E-state index contributed by atoms with van der Waals surface area (Å²) in [5.74, 6) is 2.34. The molecule has 0 radical (unpaired) electrons. The van der Waals surface area contributed by atoms with Crippen molar-refractivity contribution in [2.75, 3.05) is 57.8 Å². The lowest BCUT2D eigenvalue weighted by Crippen LogP contribution is -2.52. The van der Waals surface area contributed by atoms with Crippen molar-refractivity contribution in [3.05, 3.63) is 47.1 Å². The third kappa shape index (κ3) is 5.36. The van der Waals surface area contributed by atoms with E-state index >= 15 is 0 Å². The summed E-state index contributed by atoms with van der Waals surface area (Å²) in [5, 5.41) is 5.91. The van der Waals surface area contributed by atoms with E-state index in [4.69, 9.17) is 47.1 Å². The van der Waals surface area contributed by atoms with Crippen molar-refractivity contribution in [2.45, 2.75) is 18.6 Å². The third-order valence-electron chi connectivity index (χ3n) is 7.23. The SMILES string of the molecule is C=CC(=O)C[C@H]1COC[C@H]1Nc1cc2c(N3CC(OC)C3)nc(-c3c(Cl)c(OC)cc(OC)c3Cl)cc2cn1. The summed E-state index contributed by atoms with van der Waals surface area (Å²) < 4.78 is 22.1. The Morgan fingerprint density at radius 2 is 1.87 bits per heavy atom. The minimum absolute atomic E-state index is 0.000221. The van der Waals surface area contributed by atoms with Crippen LogP contribution in [-0.2, 0) is 14.3 Å². The monoisotopic (exact) mass is 572 g/mol. The van der Waals surface area contributed by atoms with Gasteiger partial charge in [0.25, 0.3) is 0 Å². The summed E-state index contributed by atoms with van der Waals surface area (Å²) >= 11 is 13.5. The third-order valence-corrected chi connectivity index (χ3v) is 7.98. The van der Waals surface area contributed by atoms with E-state index in [0.717, 1.165) is 16.6 Å². The minimum Gasteiger partial charge on any atom is -0.495 e. The average Bonchev–Trinajstić information content (AvgIpc) is 3.34. The number of nitrogens with zero attached hydrogens (tertiary/aromatic N) is 3. The van der Waals surface area contributed by atoms with Gasteiger partial charge in [-0.2, -0.15) is 0 Å². The minimum atomic E-state index is -0.0433. The molecule has 11 heteroatoms. The first-order chi connectivity index (χ1) is 18.9. The Balaban J connectivity index is 1.57. The highest BCUT2D eigenvalue weighted by atomic mass is 35.5. The summed E-state index contributed by atoms with van der Waals surface area (Å²) in [6.45, 7) is 5.98. The molecular formula is C28H30Cl2N4O5. The number of ether oxygens (including phenoxy) is 4. The van der Waals surface area contributed by atoms with Gasteiger partial charge in [-0.05, 0) is 18.2 Å². The Hall–Kier alpha value is -3.11. The second kappa shape index (κ2) is 11.6. The summed E-state index contributed by atoms with van der Waals surface area (Å²) in [6.07, 6.45) is 3.64. The number of allylic oxidation sites excluding steroid dienone is 1. The van der Waals surface area contributed by atoms with Crippen LogP contribution in [0, 0.1) is 5.92 Å². The molecule has 4 heterocycles. The molecule has 39 heavy (non-hydrogen) atoms. The smallest absolute Gasteiger partial charge is 0.155 e. The summed E-state index contributed by atoms with van der Waals surface area (Å²) in [7, 11) is 4.78. The Morgan fingerprint density at radius 3 is 2.51 bits per heavy atom. The highest BCUT2D eigenvalue weighted by Crippen LogP contribution is 2.46. The number of rotatable bonds is 10. The fourth-order valence-corrected chi connectivity index (χ4v) is 5.63. The summed E-state index contributed by atoms with van der Waals surface area (Å²) in [4.78, 5) is 23.8. The van der Waals surface area contributed by atoms with Crippen LogP contribution in [0.3, 0.4) is 0 Å². The highest BCUT2D eigenvalue weighted by molar-refractivity contribution is 6.41. The van der Waals surface area contributed by atoms with Crippen LogP contribution in [-0.4, -0.2) is 75.5 Å². The van der Waals surface area contributed by atoms with Crippen molar-refractivity contribution in [3.63, 3.8) is 0 Å². The molecule has 2 atom stereocenters. The molecule has 0 amide bonds. The fraction of sp³-hybridized carbons (Fsp3) is 0.393. The second-order valence-electron chi connectivity index (χ2n) is 9.59. The molecule has 1 N–H and O–H groups in total. The van der Waals surface area contributed by atoms with E-state index in [2.05, 4.69) is 21.8 Å². The van der Waals surface area contributed by atoms with Gasteiger partial charge in [-0.1, -0.05) is 29.8 Å². The number of fused-ring (bicyclic) bond motifs is 1. The maximum atomic E-state index is 12.0. The molecule has 2 aliphatic rings. The molecule has 1 aromatic carbocycles. The molecule has 2 aliphatic heterocycles. The molecule has 2 saturated heterocycles. The lowest BCUT2D eigenvalue weighted by atomic mass is 9.97. The van der Waals surface area contributed by atoms with Crippen LogP contribution in [0.25, 0.3) is 22.0 Å². The number of pyridine rings is 2. The van der Waals surface area contributed by atoms with Gasteiger partial charge in [0.15, 0.2) is 5.78 Å². The summed E-state index contributed by atoms with van der Waals surface area (Å²) in [6, 6.07) is 5.48. The van der Waals surface area contributed by atoms with Gasteiger partial charge in [0.2, 0.25) is 0 Å². The zero-order valence-electron chi connectivity index (χ0n) is 22.0. The fourth-order valence-electron chi connectivity index (χ4n) is 4.94. The van der Waals surface area contributed by atoms with E-state index in [0.29, 0.717) is 71.3 Å². The van der Waals surface area contributed by atoms with E-state index in [-0.39, 0.29) is 23.8 Å². The number of benzene rings is 1. The number of anilines is 2. The zero-order chi connectivity index (χ0) is 27.7. The topological polar surface area (TPSA) is 95.0 Å². The quantitative estimate of drug-likeness (QED) is 0.335. The first-order valence-electron chi connectivity index (χ1n) is 12.5. The standard InChI is InChI=1S/C28H30Cl2N4O5/c1-5-17(35)6-16-13-39-14-21(16)32-24-8-19-15(10-31-24)7-20(33-28(19)34-11-18(12-34)36-2)25-26(29)22(37-3)9-23(38-4)27(25)30/h5,7-10,16,18,21H,1,6,11-14H2,2-4H3,(H,31,32)/t16-,21+/m0/s1. The second-order valence-corrected chi connectivity index (χ2v) is 10.3. The number of carbonyl (C=O) groups excluding carboxylic acids is 1. The number of ketones is 1. The average molecular weight is 573 g/mol. The van der Waals surface area contributed by atoms with Gasteiger partial charge in [-0.25, -0.2) is 9.97 Å². The Morgan fingerprint density at radius 1 is 1.15 bits per heavy atom. The number of methoxy groups -OCH3 is 3. The van der Waals surface area contributed by atoms with Crippen LogP contribution >= 0.6 is 23.2 Å². The molecule has 3 aromatic rings. The van der Waals surface area contributed by atoms with Crippen LogP contribution in [0.4, 0.5) is 11.6 Å². The molecule has 5 rings (SSSR count). The van der Waals surface area contributed by atoms with E-state index in [1.54, 1.807) is 19.4 Å². The molecule has 9 nitrogen and oxygen atoms in total. The van der Waals surface area contributed by atoms with Crippen molar-refractivity contribution in [2.24, 2.45) is 5.92 Å². The van der Waals surface area contributed by atoms with E-state index < -0.39 is 0 Å². The van der Waals surface area contributed by atoms with Gasteiger partial charge in [-0.3, -0.25) is 4.79 Å². The molecule has 0 aliphatic carbocycles. The molecule has 0 bridgehead atoms. The summed E-state index contributed by atoms with van der Waals surface area (Å²) in [5.41, 5.74) is 1.09. The van der Waals surface area contributed by atoms with E-state index in [1.165, 1.54) is 20.3 Å².